The minimum absolute atomic E-state index is 0.0920. The van der Waals surface area contributed by atoms with Gasteiger partial charge in [-0.1, -0.05) is 11.6 Å². The van der Waals surface area contributed by atoms with Crippen LogP contribution in [0.4, 0.5) is 14.9 Å². The Kier molecular flexibility index (Phi) is 2.72. The molecule has 3 nitrogen and oxygen atoms in total. The van der Waals surface area contributed by atoms with E-state index in [1.54, 1.807) is 0 Å². The zero-order chi connectivity index (χ0) is 10.0. The van der Waals surface area contributed by atoms with Crippen LogP contribution in [-0.4, -0.2) is 18.2 Å². The average Bonchev–Trinajstić information content (AvgIpc) is 2.08. The number of benzene rings is 1. The monoisotopic (exact) mass is 203 g/mol. The standard InChI is InChI=1S/C8H7ClFNO2/c1-11(8(12)13)5-2-3-7(10)6(9)4-5/h2-4H,1H3,(H,12,13). The molecule has 0 heterocycles. The molecule has 1 amide bonds. The first-order valence-corrected chi connectivity index (χ1v) is 3.82. The molecule has 0 saturated heterocycles. The Hall–Kier alpha value is -1.29. The summed E-state index contributed by atoms with van der Waals surface area (Å²) < 4.78 is 12.7. The molecule has 0 saturated carbocycles. The summed E-state index contributed by atoms with van der Waals surface area (Å²) in [6.45, 7) is 0. The van der Waals surface area contributed by atoms with Crippen molar-refractivity contribution in [1.29, 1.82) is 0 Å². The second kappa shape index (κ2) is 3.62. The lowest BCUT2D eigenvalue weighted by Gasteiger charge is -2.12. The highest BCUT2D eigenvalue weighted by Gasteiger charge is 2.09. The molecule has 0 aliphatic carbocycles. The number of hydrogen-bond donors (Lipinski definition) is 1. The number of halogens is 2. The first-order chi connectivity index (χ1) is 6.02. The number of nitrogens with zero attached hydrogens (tertiary/aromatic N) is 1. The third kappa shape index (κ3) is 2.09. The number of rotatable bonds is 1. The van der Waals surface area contributed by atoms with Gasteiger partial charge in [-0.2, -0.15) is 0 Å². The summed E-state index contributed by atoms with van der Waals surface area (Å²) in [5, 5.41) is 8.49. The number of carboxylic acid groups (broad SMARTS) is 1. The Morgan fingerprint density at radius 2 is 2.23 bits per heavy atom. The van der Waals surface area contributed by atoms with E-state index in [0.29, 0.717) is 5.69 Å². The van der Waals surface area contributed by atoms with E-state index in [1.807, 2.05) is 0 Å². The Balaban J connectivity index is 3.03. The van der Waals surface area contributed by atoms with Crippen molar-refractivity contribution in [1.82, 2.24) is 0 Å². The Labute approximate surface area is 79.3 Å². The van der Waals surface area contributed by atoms with Gasteiger partial charge in [0.1, 0.15) is 5.82 Å². The smallest absolute Gasteiger partial charge is 0.411 e. The minimum atomic E-state index is -1.12. The van der Waals surface area contributed by atoms with E-state index in [0.717, 1.165) is 11.0 Å². The van der Waals surface area contributed by atoms with Crippen LogP contribution in [0.2, 0.25) is 5.02 Å². The van der Waals surface area contributed by atoms with Crippen LogP contribution in [0.1, 0.15) is 0 Å². The Bertz CT molecular complexity index is 343. The molecule has 13 heavy (non-hydrogen) atoms. The second-order valence-electron chi connectivity index (χ2n) is 2.44. The topological polar surface area (TPSA) is 40.5 Å². The summed E-state index contributed by atoms with van der Waals surface area (Å²) in [6.07, 6.45) is -1.12. The fraction of sp³-hybridized carbons (Fsp3) is 0.125. The van der Waals surface area contributed by atoms with Crippen molar-refractivity contribution in [3.8, 4) is 0 Å². The third-order valence-electron chi connectivity index (χ3n) is 1.58. The SMILES string of the molecule is CN(C(=O)O)c1ccc(F)c(Cl)c1. The van der Waals surface area contributed by atoms with Crippen molar-refractivity contribution in [2.45, 2.75) is 0 Å². The van der Waals surface area contributed by atoms with E-state index in [-0.39, 0.29) is 5.02 Å². The highest BCUT2D eigenvalue weighted by atomic mass is 35.5. The lowest BCUT2D eigenvalue weighted by molar-refractivity contribution is 0.203. The summed E-state index contributed by atoms with van der Waals surface area (Å²) in [5.74, 6) is -0.566. The van der Waals surface area contributed by atoms with Crippen molar-refractivity contribution >= 4 is 23.4 Å². The molecule has 0 atom stereocenters. The molecule has 1 N–H and O–H groups in total. The van der Waals surface area contributed by atoms with Crippen molar-refractivity contribution in [2.75, 3.05) is 11.9 Å². The molecule has 0 aliphatic rings. The molecule has 5 heteroatoms. The van der Waals surface area contributed by atoms with Gasteiger partial charge in [0.25, 0.3) is 0 Å². The fourth-order valence-electron chi connectivity index (χ4n) is 0.804. The van der Waals surface area contributed by atoms with Crippen molar-refractivity contribution in [2.24, 2.45) is 0 Å². The molecule has 0 aliphatic heterocycles. The second-order valence-corrected chi connectivity index (χ2v) is 2.85. The first-order valence-electron chi connectivity index (χ1n) is 3.44. The van der Waals surface area contributed by atoms with E-state index in [1.165, 1.54) is 19.2 Å². The van der Waals surface area contributed by atoms with Gasteiger partial charge < -0.3 is 5.11 Å². The van der Waals surface area contributed by atoms with Gasteiger partial charge in [0.2, 0.25) is 0 Å². The highest BCUT2D eigenvalue weighted by molar-refractivity contribution is 6.31. The van der Waals surface area contributed by atoms with Crippen LogP contribution in [0.25, 0.3) is 0 Å². The quantitative estimate of drug-likeness (QED) is 0.762. The molecule has 1 rings (SSSR count). The zero-order valence-electron chi connectivity index (χ0n) is 6.79. The number of carbonyl (C=O) groups is 1. The molecule has 1 aromatic carbocycles. The molecule has 0 spiro atoms. The minimum Gasteiger partial charge on any atom is -0.465 e. The molecule has 70 valence electrons. The average molecular weight is 204 g/mol. The van der Waals surface area contributed by atoms with Gasteiger partial charge in [-0.05, 0) is 18.2 Å². The Morgan fingerprint density at radius 1 is 1.62 bits per heavy atom. The number of anilines is 1. The molecular weight excluding hydrogens is 197 g/mol. The predicted molar refractivity (Wildman–Crippen MR) is 47.8 cm³/mol. The summed E-state index contributed by atoms with van der Waals surface area (Å²) in [6, 6.07) is 3.72. The van der Waals surface area contributed by atoms with Crippen LogP contribution >= 0.6 is 11.6 Å². The van der Waals surface area contributed by atoms with Crippen LogP contribution in [0.5, 0.6) is 0 Å². The summed E-state index contributed by atoms with van der Waals surface area (Å²) in [7, 11) is 1.35. The molecular formula is C8H7ClFNO2. The third-order valence-corrected chi connectivity index (χ3v) is 1.87. The van der Waals surface area contributed by atoms with Gasteiger partial charge in [0.15, 0.2) is 0 Å². The van der Waals surface area contributed by atoms with Crippen LogP contribution in [0, 0.1) is 5.82 Å². The number of amides is 1. The van der Waals surface area contributed by atoms with Crippen LogP contribution in [0.15, 0.2) is 18.2 Å². The molecule has 0 fully saturated rings. The maximum Gasteiger partial charge on any atom is 0.411 e. The largest absolute Gasteiger partial charge is 0.465 e. The van der Waals surface area contributed by atoms with Crippen LogP contribution in [-0.2, 0) is 0 Å². The molecule has 0 unspecified atom stereocenters. The highest BCUT2D eigenvalue weighted by Crippen LogP contribution is 2.21. The maximum atomic E-state index is 12.7. The molecule has 1 aromatic rings. The van der Waals surface area contributed by atoms with Gasteiger partial charge in [0.05, 0.1) is 5.02 Å². The predicted octanol–water partition coefficient (Wildman–Crippen LogP) is 2.59. The fourth-order valence-corrected chi connectivity index (χ4v) is 0.979. The molecule has 0 aromatic heterocycles. The van der Waals surface area contributed by atoms with E-state index in [9.17, 15) is 9.18 Å². The lowest BCUT2D eigenvalue weighted by atomic mass is 10.3. The molecule has 0 radical (unpaired) electrons. The van der Waals surface area contributed by atoms with Gasteiger partial charge in [-0.15, -0.1) is 0 Å². The maximum absolute atomic E-state index is 12.7. The summed E-state index contributed by atoms with van der Waals surface area (Å²) in [4.78, 5) is 11.4. The first kappa shape index (κ1) is 9.80. The Morgan fingerprint density at radius 3 is 2.69 bits per heavy atom. The lowest BCUT2D eigenvalue weighted by Crippen LogP contribution is -2.23. The zero-order valence-corrected chi connectivity index (χ0v) is 7.55. The molecule has 0 bridgehead atoms. The van der Waals surface area contributed by atoms with Gasteiger partial charge in [0, 0.05) is 12.7 Å². The van der Waals surface area contributed by atoms with E-state index < -0.39 is 11.9 Å². The summed E-state index contributed by atoms with van der Waals surface area (Å²) in [5.41, 5.74) is 0.332. The van der Waals surface area contributed by atoms with Gasteiger partial charge in [-0.3, -0.25) is 4.90 Å². The van der Waals surface area contributed by atoms with Gasteiger partial charge in [-0.25, -0.2) is 9.18 Å². The van der Waals surface area contributed by atoms with Crippen LogP contribution in [0.3, 0.4) is 0 Å². The van der Waals surface area contributed by atoms with E-state index in [2.05, 4.69) is 0 Å². The van der Waals surface area contributed by atoms with Crippen molar-refractivity contribution in [3.63, 3.8) is 0 Å². The van der Waals surface area contributed by atoms with Gasteiger partial charge >= 0.3 is 6.09 Å². The summed E-state index contributed by atoms with van der Waals surface area (Å²) >= 11 is 5.47. The van der Waals surface area contributed by atoms with E-state index in [4.69, 9.17) is 16.7 Å². The number of hydrogen-bond acceptors (Lipinski definition) is 1. The van der Waals surface area contributed by atoms with Crippen molar-refractivity contribution < 1.29 is 14.3 Å². The van der Waals surface area contributed by atoms with Crippen molar-refractivity contribution in [3.05, 3.63) is 29.0 Å². The normalized spacial score (nSPS) is 9.77. The van der Waals surface area contributed by atoms with Crippen LogP contribution < -0.4 is 4.90 Å². The van der Waals surface area contributed by atoms with E-state index >= 15 is 0 Å².